The Balaban J connectivity index is 1.92. The molecule has 1 saturated heterocycles. The summed E-state index contributed by atoms with van der Waals surface area (Å²) >= 11 is 1.31. The van der Waals surface area contributed by atoms with Crippen molar-refractivity contribution in [3.8, 4) is 0 Å². The molecule has 1 heterocycles. The van der Waals surface area contributed by atoms with Gasteiger partial charge in [-0.15, -0.1) is 11.8 Å². The van der Waals surface area contributed by atoms with Crippen molar-refractivity contribution in [1.29, 1.82) is 0 Å². The van der Waals surface area contributed by atoms with Crippen molar-refractivity contribution in [2.45, 2.75) is 31.8 Å². The molecule has 1 atom stereocenters. The fourth-order valence-electron chi connectivity index (χ4n) is 1.67. The van der Waals surface area contributed by atoms with Crippen LogP contribution in [0.3, 0.4) is 0 Å². The maximum absolute atomic E-state index is 11.4. The maximum atomic E-state index is 11.4. The fraction of sp³-hybridized carbons (Fsp3) is 0.818. The third kappa shape index (κ3) is 7.23. The van der Waals surface area contributed by atoms with Crippen molar-refractivity contribution in [3.05, 3.63) is 0 Å². The van der Waals surface area contributed by atoms with E-state index in [0.29, 0.717) is 18.7 Å². The first-order chi connectivity index (χ1) is 8.18. The Kier molecular flexibility index (Phi) is 7.04. The lowest BCUT2D eigenvalue weighted by Crippen LogP contribution is -2.26. The van der Waals surface area contributed by atoms with Crippen LogP contribution in [0.2, 0.25) is 0 Å². The first kappa shape index (κ1) is 14.3. The van der Waals surface area contributed by atoms with E-state index in [4.69, 9.17) is 9.84 Å². The molecule has 2 N–H and O–H groups in total. The minimum atomic E-state index is -0.820. The number of carbonyl (C=O) groups excluding carboxylic acids is 1. The van der Waals surface area contributed by atoms with E-state index >= 15 is 0 Å². The van der Waals surface area contributed by atoms with Crippen molar-refractivity contribution in [3.63, 3.8) is 0 Å². The maximum Gasteiger partial charge on any atom is 0.313 e. The number of thioether (sulfide) groups is 1. The van der Waals surface area contributed by atoms with Crippen LogP contribution in [0.4, 0.5) is 0 Å². The number of hydrogen-bond acceptors (Lipinski definition) is 4. The highest BCUT2D eigenvalue weighted by molar-refractivity contribution is 7.99. The van der Waals surface area contributed by atoms with Crippen LogP contribution in [0.5, 0.6) is 0 Å². The topological polar surface area (TPSA) is 75.6 Å². The molecule has 5 nitrogen and oxygen atoms in total. The number of hydrogen-bond donors (Lipinski definition) is 2. The van der Waals surface area contributed by atoms with Gasteiger partial charge in [-0.05, 0) is 19.3 Å². The molecule has 0 spiro atoms. The van der Waals surface area contributed by atoms with Crippen molar-refractivity contribution >= 4 is 23.6 Å². The van der Waals surface area contributed by atoms with Crippen LogP contribution >= 0.6 is 11.8 Å². The lowest BCUT2D eigenvalue weighted by atomic mass is 10.1. The first-order valence-corrected chi connectivity index (χ1v) is 7.02. The van der Waals surface area contributed by atoms with Crippen LogP contribution in [0.15, 0.2) is 0 Å². The summed E-state index contributed by atoms with van der Waals surface area (Å²) < 4.78 is 5.42. The van der Waals surface area contributed by atoms with Crippen LogP contribution < -0.4 is 5.32 Å². The van der Waals surface area contributed by atoms with E-state index in [9.17, 15) is 9.59 Å². The number of amides is 1. The zero-order valence-electron chi connectivity index (χ0n) is 9.81. The summed E-state index contributed by atoms with van der Waals surface area (Å²) in [6.45, 7) is 1.35. The molecule has 1 aliphatic rings. The van der Waals surface area contributed by atoms with Crippen molar-refractivity contribution in [2.75, 3.05) is 24.7 Å². The Morgan fingerprint density at radius 1 is 1.47 bits per heavy atom. The fourth-order valence-corrected chi connectivity index (χ4v) is 2.24. The predicted octanol–water partition coefficient (Wildman–Crippen LogP) is 0.880. The van der Waals surface area contributed by atoms with E-state index in [1.165, 1.54) is 11.8 Å². The van der Waals surface area contributed by atoms with Gasteiger partial charge in [0, 0.05) is 25.3 Å². The van der Waals surface area contributed by atoms with E-state index in [-0.39, 0.29) is 17.8 Å². The quantitative estimate of drug-likeness (QED) is 0.634. The Bertz CT molecular complexity index is 254. The zero-order chi connectivity index (χ0) is 12.5. The Morgan fingerprint density at radius 2 is 2.29 bits per heavy atom. The van der Waals surface area contributed by atoms with Gasteiger partial charge in [-0.2, -0.15) is 0 Å². The van der Waals surface area contributed by atoms with E-state index in [2.05, 4.69) is 5.32 Å². The van der Waals surface area contributed by atoms with E-state index < -0.39 is 5.97 Å². The van der Waals surface area contributed by atoms with Crippen LogP contribution in [-0.2, 0) is 14.3 Å². The third-order valence-corrected chi connectivity index (χ3v) is 3.46. The third-order valence-electron chi connectivity index (χ3n) is 2.51. The summed E-state index contributed by atoms with van der Waals surface area (Å²) in [5, 5.41) is 11.2. The molecule has 0 aromatic rings. The molecule has 0 aliphatic carbocycles. The van der Waals surface area contributed by atoms with Crippen LogP contribution in [0.1, 0.15) is 25.7 Å². The monoisotopic (exact) mass is 261 g/mol. The predicted molar refractivity (Wildman–Crippen MR) is 66.2 cm³/mol. The number of rotatable bonds is 8. The van der Waals surface area contributed by atoms with Crippen LogP contribution in [0, 0.1) is 0 Å². The van der Waals surface area contributed by atoms with Gasteiger partial charge in [-0.25, -0.2) is 0 Å². The molecule has 0 aromatic heterocycles. The number of carboxylic acid groups (broad SMARTS) is 1. The molecule has 98 valence electrons. The molecule has 1 unspecified atom stereocenters. The van der Waals surface area contributed by atoms with E-state index in [0.717, 1.165) is 25.9 Å². The van der Waals surface area contributed by atoms with Crippen LogP contribution in [0.25, 0.3) is 0 Å². The second kappa shape index (κ2) is 8.36. The van der Waals surface area contributed by atoms with Crippen molar-refractivity contribution < 1.29 is 19.4 Å². The van der Waals surface area contributed by atoms with Gasteiger partial charge >= 0.3 is 5.97 Å². The standard InChI is InChI=1S/C11H19NO4S/c13-10(4-3-9-2-1-6-16-9)12-5-7-17-8-11(14)15/h9H,1-8H2,(H,12,13)(H,14,15). The zero-order valence-corrected chi connectivity index (χ0v) is 10.6. The summed E-state index contributed by atoms with van der Waals surface area (Å²) in [6, 6.07) is 0. The Morgan fingerprint density at radius 3 is 2.94 bits per heavy atom. The highest BCUT2D eigenvalue weighted by Crippen LogP contribution is 2.16. The van der Waals surface area contributed by atoms with Crippen molar-refractivity contribution in [2.24, 2.45) is 0 Å². The summed E-state index contributed by atoms with van der Waals surface area (Å²) in [5.41, 5.74) is 0. The molecule has 17 heavy (non-hydrogen) atoms. The van der Waals surface area contributed by atoms with Gasteiger partial charge in [0.25, 0.3) is 0 Å². The molecule has 1 fully saturated rings. The van der Waals surface area contributed by atoms with E-state index in [1.54, 1.807) is 0 Å². The molecule has 6 heteroatoms. The summed E-state index contributed by atoms with van der Waals surface area (Å²) in [4.78, 5) is 21.6. The molecular weight excluding hydrogens is 242 g/mol. The summed E-state index contributed by atoms with van der Waals surface area (Å²) in [5.74, 6) is -0.0693. The SMILES string of the molecule is O=C(O)CSCCNC(=O)CCC1CCCO1. The average Bonchev–Trinajstić information content (AvgIpc) is 2.78. The van der Waals surface area contributed by atoms with Crippen LogP contribution in [-0.4, -0.2) is 47.7 Å². The molecule has 1 rings (SSSR count). The van der Waals surface area contributed by atoms with Gasteiger partial charge in [-0.3, -0.25) is 9.59 Å². The lowest BCUT2D eigenvalue weighted by molar-refractivity contribution is -0.133. The number of carboxylic acids is 1. The number of nitrogens with one attached hydrogen (secondary N) is 1. The lowest BCUT2D eigenvalue weighted by Gasteiger charge is -2.09. The van der Waals surface area contributed by atoms with Gasteiger partial charge in [0.1, 0.15) is 0 Å². The highest BCUT2D eigenvalue weighted by atomic mass is 32.2. The number of carbonyl (C=O) groups is 2. The number of aliphatic carboxylic acids is 1. The van der Waals surface area contributed by atoms with E-state index in [1.807, 2.05) is 0 Å². The first-order valence-electron chi connectivity index (χ1n) is 5.86. The molecule has 1 amide bonds. The second-order valence-electron chi connectivity index (χ2n) is 3.97. The molecule has 0 saturated carbocycles. The minimum absolute atomic E-state index is 0.0245. The molecule has 1 aliphatic heterocycles. The summed E-state index contributed by atoms with van der Waals surface area (Å²) in [7, 11) is 0. The average molecular weight is 261 g/mol. The summed E-state index contributed by atoms with van der Waals surface area (Å²) in [6.07, 6.45) is 3.68. The second-order valence-corrected chi connectivity index (χ2v) is 5.08. The molecule has 0 aromatic carbocycles. The van der Waals surface area contributed by atoms with Crippen molar-refractivity contribution in [1.82, 2.24) is 5.32 Å². The highest BCUT2D eigenvalue weighted by Gasteiger charge is 2.16. The number of ether oxygens (including phenoxy) is 1. The molecular formula is C11H19NO4S. The molecule has 0 radical (unpaired) electrons. The van der Waals surface area contributed by atoms with Gasteiger partial charge in [0.2, 0.25) is 5.91 Å². The Hall–Kier alpha value is -0.750. The smallest absolute Gasteiger partial charge is 0.313 e. The minimum Gasteiger partial charge on any atom is -0.481 e. The van der Waals surface area contributed by atoms with Gasteiger partial charge in [0.05, 0.1) is 11.9 Å². The Labute approximate surface area is 105 Å². The normalized spacial score (nSPS) is 19.2. The largest absolute Gasteiger partial charge is 0.481 e. The van der Waals surface area contributed by atoms with Gasteiger partial charge in [-0.1, -0.05) is 0 Å². The van der Waals surface area contributed by atoms with Gasteiger partial charge in [0.15, 0.2) is 0 Å². The molecule has 0 bridgehead atoms. The van der Waals surface area contributed by atoms with Gasteiger partial charge < -0.3 is 15.2 Å².